The summed E-state index contributed by atoms with van der Waals surface area (Å²) in [6.07, 6.45) is 14.0. The number of ether oxygens (including phenoxy) is 1. The Labute approximate surface area is 166 Å². The molecule has 3 unspecified atom stereocenters. The van der Waals surface area contributed by atoms with E-state index in [2.05, 4.69) is 24.2 Å². The fourth-order valence-corrected chi connectivity index (χ4v) is 8.04. The molecule has 0 aromatic carbocycles. The van der Waals surface area contributed by atoms with Gasteiger partial charge in [-0.05, 0) is 87.2 Å². The first-order valence-corrected chi connectivity index (χ1v) is 11.0. The minimum absolute atomic E-state index is 0.0461. The van der Waals surface area contributed by atoms with Crippen molar-refractivity contribution in [3.05, 3.63) is 23.8 Å². The van der Waals surface area contributed by atoms with Gasteiger partial charge in [0.1, 0.15) is 5.60 Å². The van der Waals surface area contributed by atoms with E-state index in [9.17, 15) is 15.1 Å². The van der Waals surface area contributed by atoms with Gasteiger partial charge in [0.15, 0.2) is 0 Å². The highest BCUT2D eigenvalue weighted by Crippen LogP contribution is 2.68. The Hall–Kier alpha value is -1.62. The molecule has 7 atom stereocenters. The summed E-state index contributed by atoms with van der Waals surface area (Å²) in [6, 6.07) is 0. The lowest BCUT2D eigenvalue weighted by Gasteiger charge is -2.57. The van der Waals surface area contributed by atoms with E-state index in [4.69, 9.17) is 4.74 Å². The molecule has 0 bridgehead atoms. The maximum Gasteiger partial charge on any atom is 0.331 e. The third-order valence-electron chi connectivity index (χ3n) is 9.14. The summed E-state index contributed by atoms with van der Waals surface area (Å²) < 4.78 is 5.99. The minimum atomic E-state index is -0.400. The molecule has 1 aliphatic heterocycles. The monoisotopic (exact) mass is 385 g/mol. The van der Waals surface area contributed by atoms with Gasteiger partial charge in [-0.2, -0.15) is 0 Å². The maximum absolute atomic E-state index is 12.0. The summed E-state index contributed by atoms with van der Waals surface area (Å²) in [4.78, 5) is 12.0. The third kappa shape index (κ3) is 2.28. The smallest absolute Gasteiger partial charge is 0.331 e. The molecule has 3 saturated carbocycles. The third-order valence-corrected chi connectivity index (χ3v) is 9.14. The molecule has 0 aromatic heterocycles. The van der Waals surface area contributed by atoms with Crippen LogP contribution in [0.15, 0.2) is 29.0 Å². The highest BCUT2D eigenvalue weighted by molar-refractivity contribution is 5.96. The van der Waals surface area contributed by atoms with Gasteiger partial charge in [-0.15, -0.1) is 0 Å². The van der Waals surface area contributed by atoms with Crippen molar-refractivity contribution in [2.45, 2.75) is 63.9 Å². The number of aliphatic hydroxyl groups excluding tert-OH is 1. The zero-order chi connectivity index (χ0) is 19.5. The molecule has 0 amide bonds. The Morgan fingerprint density at radius 3 is 2.79 bits per heavy atom. The number of carbonyl (C=O) groups is 1. The molecule has 5 nitrogen and oxygen atoms in total. The Morgan fingerprint density at radius 2 is 2.11 bits per heavy atom. The van der Waals surface area contributed by atoms with Crippen LogP contribution in [0.5, 0.6) is 0 Å². The van der Waals surface area contributed by atoms with Crippen molar-refractivity contribution in [3.8, 4) is 0 Å². The normalized spacial score (nSPS) is 48.2. The van der Waals surface area contributed by atoms with E-state index < -0.39 is 5.60 Å². The molecule has 0 radical (unpaired) electrons. The fourth-order valence-electron chi connectivity index (χ4n) is 8.04. The summed E-state index contributed by atoms with van der Waals surface area (Å²) >= 11 is 0. The second-order valence-corrected chi connectivity index (χ2v) is 9.66. The first-order chi connectivity index (χ1) is 13.6. The zero-order valence-electron chi connectivity index (χ0n) is 16.6. The molecule has 0 aromatic rings. The zero-order valence-corrected chi connectivity index (χ0v) is 16.6. The number of rotatable bonds is 2. The SMILES string of the molecule is CC[C@]12CCC3C(C[C@@H](CO)C4=C/C(=N/O)CC[C@@H]43)C1CC[C@@]21C=CC(=O)O1. The van der Waals surface area contributed by atoms with Gasteiger partial charge in [-0.3, -0.25) is 0 Å². The van der Waals surface area contributed by atoms with Crippen LogP contribution in [-0.2, 0) is 9.53 Å². The van der Waals surface area contributed by atoms with Gasteiger partial charge in [0, 0.05) is 24.0 Å². The number of hydrogen-bond acceptors (Lipinski definition) is 5. The van der Waals surface area contributed by atoms with Gasteiger partial charge < -0.3 is 15.1 Å². The molecule has 1 spiro atoms. The molecule has 28 heavy (non-hydrogen) atoms. The van der Waals surface area contributed by atoms with Crippen LogP contribution in [-0.4, -0.2) is 34.2 Å². The van der Waals surface area contributed by atoms with Crippen LogP contribution < -0.4 is 0 Å². The molecule has 0 saturated heterocycles. The van der Waals surface area contributed by atoms with Crippen molar-refractivity contribution < 1.29 is 19.8 Å². The highest BCUT2D eigenvalue weighted by atomic mass is 16.6. The van der Waals surface area contributed by atoms with Crippen molar-refractivity contribution in [2.24, 2.45) is 40.2 Å². The lowest BCUT2D eigenvalue weighted by atomic mass is 9.48. The average molecular weight is 386 g/mol. The lowest BCUT2D eigenvalue weighted by molar-refractivity contribution is -0.165. The summed E-state index contributed by atoms with van der Waals surface area (Å²) in [5.41, 5.74) is 1.71. The second-order valence-electron chi connectivity index (χ2n) is 9.66. The van der Waals surface area contributed by atoms with Crippen molar-refractivity contribution in [3.63, 3.8) is 0 Å². The van der Waals surface area contributed by atoms with Crippen LogP contribution >= 0.6 is 0 Å². The Kier molecular flexibility index (Phi) is 4.24. The number of esters is 1. The van der Waals surface area contributed by atoms with Gasteiger partial charge in [0.2, 0.25) is 0 Å². The van der Waals surface area contributed by atoms with Crippen LogP contribution in [0.3, 0.4) is 0 Å². The standard InChI is InChI=1S/C23H31NO4/c1-2-22-8-5-17-16-4-3-15(24-27)12-18(16)14(13-25)11-19(17)20(22)6-9-23(22)10-7-21(26)28-23/h7,10,12,14,16-17,19-20,25,27H,2-6,8-9,11,13H2,1H3/b24-15+/t14-,16+,17?,19?,20?,22-,23+/m0/s1. The molecular weight excluding hydrogens is 354 g/mol. The summed E-state index contributed by atoms with van der Waals surface area (Å²) in [5, 5.41) is 22.8. The molecule has 3 fully saturated rings. The average Bonchev–Trinajstić information content (AvgIpc) is 3.27. The molecule has 5 rings (SSSR count). The maximum atomic E-state index is 12.0. The lowest BCUT2D eigenvalue weighted by Crippen LogP contribution is -2.54. The molecule has 5 heteroatoms. The first-order valence-electron chi connectivity index (χ1n) is 11.0. The summed E-state index contributed by atoms with van der Waals surface area (Å²) in [5.74, 6) is 2.24. The van der Waals surface area contributed by atoms with Crippen molar-refractivity contribution >= 4 is 11.7 Å². The van der Waals surface area contributed by atoms with Crippen LogP contribution in [0.25, 0.3) is 0 Å². The predicted octanol–water partition coefficient (Wildman–Crippen LogP) is 3.85. The van der Waals surface area contributed by atoms with Crippen LogP contribution in [0, 0.1) is 35.0 Å². The van der Waals surface area contributed by atoms with Crippen molar-refractivity contribution in [1.29, 1.82) is 0 Å². The van der Waals surface area contributed by atoms with Crippen molar-refractivity contribution in [1.82, 2.24) is 0 Å². The number of allylic oxidation sites excluding steroid dienone is 1. The van der Waals surface area contributed by atoms with E-state index in [1.807, 2.05) is 0 Å². The number of nitrogens with zero attached hydrogens (tertiary/aromatic N) is 1. The topological polar surface area (TPSA) is 79.1 Å². The van der Waals surface area contributed by atoms with E-state index >= 15 is 0 Å². The van der Waals surface area contributed by atoms with E-state index in [0.29, 0.717) is 23.7 Å². The highest BCUT2D eigenvalue weighted by Gasteiger charge is 2.66. The first kappa shape index (κ1) is 18.4. The minimum Gasteiger partial charge on any atom is -0.451 e. The molecule has 1 heterocycles. The van der Waals surface area contributed by atoms with E-state index in [1.54, 1.807) is 6.08 Å². The van der Waals surface area contributed by atoms with Gasteiger partial charge in [-0.1, -0.05) is 17.7 Å². The summed E-state index contributed by atoms with van der Waals surface area (Å²) in [6.45, 7) is 2.43. The van der Waals surface area contributed by atoms with Gasteiger partial charge >= 0.3 is 5.97 Å². The fraction of sp³-hybridized carbons (Fsp3) is 0.739. The number of hydrogen-bond donors (Lipinski definition) is 2. The quantitative estimate of drug-likeness (QED) is 0.430. The Balaban J connectivity index is 1.51. The van der Waals surface area contributed by atoms with Gasteiger partial charge in [0.25, 0.3) is 0 Å². The largest absolute Gasteiger partial charge is 0.451 e. The summed E-state index contributed by atoms with van der Waals surface area (Å²) in [7, 11) is 0. The molecule has 4 aliphatic carbocycles. The predicted molar refractivity (Wildman–Crippen MR) is 105 cm³/mol. The molecular formula is C23H31NO4. The number of oxime groups is 1. The van der Waals surface area contributed by atoms with Crippen LogP contribution in [0.2, 0.25) is 0 Å². The van der Waals surface area contributed by atoms with E-state index in [0.717, 1.165) is 57.1 Å². The molecule has 2 N–H and O–H groups in total. The molecule has 5 aliphatic rings. The van der Waals surface area contributed by atoms with E-state index in [-0.39, 0.29) is 23.9 Å². The second kappa shape index (κ2) is 6.45. The van der Waals surface area contributed by atoms with Gasteiger partial charge in [-0.25, -0.2) is 4.79 Å². The van der Waals surface area contributed by atoms with Crippen molar-refractivity contribution in [2.75, 3.05) is 6.61 Å². The number of fused-ring (bicyclic) bond motifs is 6. The molecule has 152 valence electrons. The Morgan fingerprint density at radius 1 is 1.25 bits per heavy atom. The van der Waals surface area contributed by atoms with Crippen LogP contribution in [0.1, 0.15) is 58.3 Å². The van der Waals surface area contributed by atoms with E-state index in [1.165, 1.54) is 5.57 Å². The number of aliphatic hydroxyl groups is 1. The number of carbonyl (C=O) groups excluding carboxylic acids is 1. The Bertz CT molecular complexity index is 771. The van der Waals surface area contributed by atoms with Gasteiger partial charge in [0.05, 0.1) is 5.71 Å². The van der Waals surface area contributed by atoms with Crippen LogP contribution in [0.4, 0.5) is 0 Å².